The van der Waals surface area contributed by atoms with E-state index in [0.29, 0.717) is 68.7 Å². The summed E-state index contributed by atoms with van der Waals surface area (Å²) < 4.78 is 27.8. The maximum atomic E-state index is 12.4. The minimum Gasteiger partial charge on any atom is -0.340 e. The Bertz CT molecular complexity index is 922. The Hall–Kier alpha value is -1.97. The summed E-state index contributed by atoms with van der Waals surface area (Å²) in [6.45, 7) is 3.19. The normalized spacial score (nSPS) is 15.6. The number of nitrogens with zero attached hydrogens (tertiary/aromatic N) is 4. The first-order chi connectivity index (χ1) is 13.8. The number of carbonyl (C=O) groups is 1. The van der Waals surface area contributed by atoms with Crippen LogP contribution in [0.4, 0.5) is 0 Å². The molecule has 1 amide bonds. The lowest BCUT2D eigenvalue weighted by Gasteiger charge is -2.34. The number of sulfone groups is 1. The highest BCUT2D eigenvalue weighted by Crippen LogP contribution is 2.19. The van der Waals surface area contributed by atoms with Crippen LogP contribution in [-0.2, 0) is 21.1 Å². The number of hydrogen-bond donors (Lipinski definition) is 0. The van der Waals surface area contributed by atoms with E-state index in [9.17, 15) is 13.2 Å². The molecular formula is C19H25ClN4O4S. The molecule has 29 heavy (non-hydrogen) atoms. The maximum Gasteiger partial charge on any atom is 0.226 e. The number of hydrogen-bond acceptors (Lipinski definition) is 7. The Morgan fingerprint density at radius 3 is 2.52 bits per heavy atom. The van der Waals surface area contributed by atoms with Crippen LogP contribution in [0, 0.1) is 0 Å². The number of piperazine rings is 1. The monoisotopic (exact) mass is 440 g/mol. The molecule has 0 unspecified atom stereocenters. The second-order valence-corrected chi connectivity index (χ2v) is 9.92. The number of rotatable bonds is 8. The minimum atomic E-state index is -2.96. The zero-order chi connectivity index (χ0) is 20.9. The van der Waals surface area contributed by atoms with Gasteiger partial charge in [-0.25, -0.2) is 8.42 Å². The summed E-state index contributed by atoms with van der Waals surface area (Å²) in [6, 6.07) is 7.20. The van der Waals surface area contributed by atoms with Crippen molar-refractivity contribution in [1.82, 2.24) is 19.9 Å². The lowest BCUT2D eigenvalue weighted by atomic mass is 10.2. The van der Waals surface area contributed by atoms with E-state index < -0.39 is 9.84 Å². The predicted molar refractivity (Wildman–Crippen MR) is 110 cm³/mol. The first-order valence-electron chi connectivity index (χ1n) is 9.56. The molecule has 1 fully saturated rings. The van der Waals surface area contributed by atoms with Gasteiger partial charge in [0.15, 0.2) is 0 Å². The Labute approximate surface area is 175 Å². The largest absolute Gasteiger partial charge is 0.340 e. The predicted octanol–water partition coefficient (Wildman–Crippen LogP) is 1.90. The summed E-state index contributed by atoms with van der Waals surface area (Å²) in [5.74, 6) is 1.27. The summed E-state index contributed by atoms with van der Waals surface area (Å²) in [4.78, 5) is 20.7. The Kier molecular flexibility index (Phi) is 7.26. The van der Waals surface area contributed by atoms with E-state index in [1.807, 2.05) is 17.0 Å². The molecule has 8 nitrogen and oxygen atoms in total. The SMILES string of the molecule is CS(=O)(=O)CCN1CCN(C(=O)CCCc2nc(-c3ccc(Cl)cc3)no2)CC1. The number of halogens is 1. The van der Waals surface area contributed by atoms with Gasteiger partial charge >= 0.3 is 0 Å². The fraction of sp³-hybridized carbons (Fsp3) is 0.526. The molecule has 0 bridgehead atoms. The fourth-order valence-corrected chi connectivity index (χ4v) is 3.85. The summed E-state index contributed by atoms with van der Waals surface area (Å²) in [6.07, 6.45) is 2.84. The number of benzene rings is 1. The molecule has 0 aliphatic carbocycles. The molecular weight excluding hydrogens is 416 g/mol. The molecule has 1 aliphatic heterocycles. The third-order valence-corrected chi connectivity index (χ3v) is 6.03. The van der Waals surface area contributed by atoms with Crippen LogP contribution in [0.2, 0.25) is 5.02 Å². The van der Waals surface area contributed by atoms with Crippen LogP contribution in [0.25, 0.3) is 11.4 Å². The van der Waals surface area contributed by atoms with Crippen LogP contribution in [0.1, 0.15) is 18.7 Å². The Morgan fingerprint density at radius 2 is 1.86 bits per heavy atom. The van der Waals surface area contributed by atoms with E-state index in [2.05, 4.69) is 15.0 Å². The highest BCUT2D eigenvalue weighted by Gasteiger charge is 2.21. The highest BCUT2D eigenvalue weighted by molar-refractivity contribution is 7.90. The molecule has 1 aliphatic rings. The maximum absolute atomic E-state index is 12.4. The first kappa shape index (κ1) is 21.7. The Morgan fingerprint density at radius 1 is 1.17 bits per heavy atom. The van der Waals surface area contributed by atoms with Crippen molar-refractivity contribution in [2.24, 2.45) is 0 Å². The summed E-state index contributed by atoms with van der Waals surface area (Å²) >= 11 is 5.88. The smallest absolute Gasteiger partial charge is 0.226 e. The first-order valence-corrected chi connectivity index (χ1v) is 12.0. The second-order valence-electron chi connectivity index (χ2n) is 7.22. The van der Waals surface area contributed by atoms with Crippen molar-refractivity contribution in [3.63, 3.8) is 0 Å². The molecule has 1 aromatic carbocycles. The fourth-order valence-electron chi connectivity index (χ4n) is 3.14. The van der Waals surface area contributed by atoms with Gasteiger partial charge < -0.3 is 9.42 Å². The highest BCUT2D eigenvalue weighted by atomic mass is 35.5. The van der Waals surface area contributed by atoms with E-state index in [4.69, 9.17) is 16.1 Å². The zero-order valence-corrected chi connectivity index (χ0v) is 18.0. The molecule has 0 atom stereocenters. The van der Waals surface area contributed by atoms with Crippen LogP contribution in [0.15, 0.2) is 28.8 Å². The van der Waals surface area contributed by atoms with Gasteiger partial charge in [0, 0.05) is 62.4 Å². The van der Waals surface area contributed by atoms with Crippen LogP contribution in [0.5, 0.6) is 0 Å². The molecule has 2 heterocycles. The van der Waals surface area contributed by atoms with Gasteiger partial charge in [0.25, 0.3) is 0 Å². The van der Waals surface area contributed by atoms with Gasteiger partial charge in [-0.1, -0.05) is 16.8 Å². The molecule has 0 saturated carbocycles. The van der Waals surface area contributed by atoms with Gasteiger partial charge in [0.2, 0.25) is 17.6 Å². The molecule has 10 heteroatoms. The second kappa shape index (κ2) is 9.69. The minimum absolute atomic E-state index is 0.102. The van der Waals surface area contributed by atoms with Gasteiger partial charge in [-0.2, -0.15) is 4.98 Å². The van der Waals surface area contributed by atoms with Gasteiger partial charge in [0.1, 0.15) is 9.84 Å². The van der Waals surface area contributed by atoms with Crippen LogP contribution >= 0.6 is 11.6 Å². The topological polar surface area (TPSA) is 96.6 Å². The van der Waals surface area contributed by atoms with Crippen LogP contribution in [-0.4, -0.2) is 79.0 Å². The molecule has 2 aromatic rings. The van der Waals surface area contributed by atoms with Crippen molar-refractivity contribution in [1.29, 1.82) is 0 Å². The molecule has 3 rings (SSSR count). The van der Waals surface area contributed by atoms with Gasteiger partial charge in [0.05, 0.1) is 5.75 Å². The number of aryl methyl sites for hydroxylation is 1. The molecule has 0 N–H and O–H groups in total. The van der Waals surface area contributed by atoms with E-state index >= 15 is 0 Å². The van der Waals surface area contributed by atoms with E-state index in [1.165, 1.54) is 6.26 Å². The molecule has 1 aromatic heterocycles. The van der Waals surface area contributed by atoms with Crippen molar-refractivity contribution in [3.8, 4) is 11.4 Å². The van der Waals surface area contributed by atoms with E-state index in [1.54, 1.807) is 12.1 Å². The van der Waals surface area contributed by atoms with Crippen molar-refractivity contribution >= 4 is 27.3 Å². The average Bonchev–Trinajstić information content (AvgIpc) is 3.15. The van der Waals surface area contributed by atoms with Crippen LogP contribution < -0.4 is 0 Å². The average molecular weight is 441 g/mol. The van der Waals surface area contributed by atoms with Gasteiger partial charge in [-0.15, -0.1) is 0 Å². The quantitative estimate of drug-likeness (QED) is 0.618. The summed E-state index contributed by atoms with van der Waals surface area (Å²) in [5.41, 5.74) is 0.828. The third kappa shape index (κ3) is 6.80. The van der Waals surface area contributed by atoms with Crippen molar-refractivity contribution < 1.29 is 17.7 Å². The zero-order valence-electron chi connectivity index (χ0n) is 16.4. The third-order valence-electron chi connectivity index (χ3n) is 4.86. The number of carbonyl (C=O) groups excluding carboxylic acids is 1. The van der Waals surface area contributed by atoms with Crippen molar-refractivity contribution in [2.75, 3.05) is 44.7 Å². The van der Waals surface area contributed by atoms with Crippen LogP contribution in [0.3, 0.4) is 0 Å². The molecule has 0 radical (unpaired) electrons. The lowest BCUT2D eigenvalue weighted by molar-refractivity contribution is -0.133. The molecule has 1 saturated heterocycles. The number of aromatic nitrogens is 2. The molecule has 158 valence electrons. The molecule has 0 spiro atoms. The van der Waals surface area contributed by atoms with Gasteiger partial charge in [-0.3, -0.25) is 9.69 Å². The number of amides is 1. The van der Waals surface area contributed by atoms with E-state index in [0.717, 1.165) is 5.56 Å². The summed E-state index contributed by atoms with van der Waals surface area (Å²) in [7, 11) is -2.96. The lowest BCUT2D eigenvalue weighted by Crippen LogP contribution is -2.49. The standard InChI is InChI=1S/C19H25ClN4O4S/c1-29(26,27)14-13-23-9-11-24(12-10-23)18(25)4-2-3-17-21-19(22-28-17)15-5-7-16(20)8-6-15/h5-8H,2-4,9-14H2,1H3. The van der Waals surface area contributed by atoms with Crippen molar-refractivity contribution in [2.45, 2.75) is 19.3 Å². The summed E-state index contributed by atoms with van der Waals surface area (Å²) in [5, 5.41) is 4.62. The Balaban J connectivity index is 1.39. The van der Waals surface area contributed by atoms with Gasteiger partial charge in [-0.05, 0) is 30.7 Å². The van der Waals surface area contributed by atoms with Crippen molar-refractivity contribution in [3.05, 3.63) is 35.2 Å². The van der Waals surface area contributed by atoms with E-state index in [-0.39, 0.29) is 11.7 Å².